The van der Waals surface area contributed by atoms with Gasteiger partial charge >= 0.3 is 72.6 Å². The Kier molecular flexibility index (Phi) is 11.0. The van der Waals surface area contributed by atoms with Crippen molar-refractivity contribution in [2.75, 3.05) is 6.61 Å². The third-order valence-electron chi connectivity index (χ3n) is 3.14. The minimum atomic E-state index is -5.78. The largest absolute Gasteiger partial charge is 1.00 e. The first-order valence-corrected chi connectivity index (χ1v) is 9.54. The predicted octanol–water partition coefficient (Wildman–Crippen LogP) is -10.5. The smallest absolute Gasteiger partial charge is 0.756 e. The molecule has 1 aliphatic rings. The summed E-state index contributed by atoms with van der Waals surface area (Å²) in [5.74, 6) is -1.17. The van der Waals surface area contributed by atoms with Gasteiger partial charge in [0.1, 0.15) is 18.3 Å². The van der Waals surface area contributed by atoms with Crippen LogP contribution in [-0.4, -0.2) is 54.7 Å². The molecule has 2 heterocycles. The minimum Gasteiger partial charge on any atom is -0.756 e. The summed E-state index contributed by atoms with van der Waals surface area (Å²) in [5, 5.41) is 28.5. The summed E-state index contributed by atoms with van der Waals surface area (Å²) in [6.07, 6.45) is -5.86. The van der Waals surface area contributed by atoms with E-state index in [4.69, 9.17) is 14.7 Å². The first-order valence-electron chi connectivity index (χ1n) is 6.58. The van der Waals surface area contributed by atoms with Crippen LogP contribution in [0.4, 0.5) is 0 Å². The standard InChI is InChI=1S/C9H14N2O13P2.2Na/c12-2-4-5(13)6(14)8(22-4)11-1-3(7(15)10-9(11)16)23-26(20,21)24-25(17,18)19;;/h1,4-6,8,12-14H,2H2,(H,20,21)(H,10,15,16)(H2,17,18,19);;/q;2*+1/p-2/t4-,5-,6+,8-;;/m1../s1. The Morgan fingerprint density at radius 1 is 1.21 bits per heavy atom. The maximum atomic E-state index is 11.8. The Balaban J connectivity index is 0.00000364. The normalized spacial score (nSPS) is 28.4. The Morgan fingerprint density at radius 3 is 2.25 bits per heavy atom. The fraction of sp³-hybridized carbons (Fsp3) is 0.556. The van der Waals surface area contributed by atoms with E-state index in [0.717, 1.165) is 0 Å². The van der Waals surface area contributed by atoms with Gasteiger partial charge < -0.3 is 39.3 Å². The number of hydrogen-bond donors (Lipinski definition) is 5. The van der Waals surface area contributed by atoms with Crippen LogP contribution in [0.2, 0.25) is 0 Å². The van der Waals surface area contributed by atoms with Crippen LogP contribution >= 0.6 is 15.6 Å². The van der Waals surface area contributed by atoms with Crippen molar-refractivity contribution in [2.24, 2.45) is 0 Å². The molecule has 0 spiro atoms. The number of aliphatic hydroxyl groups excluding tert-OH is 3. The number of phosphoric ester groups is 1. The van der Waals surface area contributed by atoms with E-state index in [1.165, 1.54) is 0 Å². The topological polar surface area (TPSA) is 244 Å². The summed E-state index contributed by atoms with van der Waals surface area (Å²) >= 11 is 0. The number of aromatic amines is 1. The molecule has 2 unspecified atom stereocenters. The Morgan fingerprint density at radius 2 is 1.79 bits per heavy atom. The van der Waals surface area contributed by atoms with E-state index in [2.05, 4.69) is 8.83 Å². The van der Waals surface area contributed by atoms with Gasteiger partial charge in [0.25, 0.3) is 13.4 Å². The molecule has 2 rings (SSSR count). The van der Waals surface area contributed by atoms with Crippen molar-refractivity contribution >= 4 is 15.6 Å². The third-order valence-corrected chi connectivity index (χ3v) is 5.19. The molecule has 0 bridgehead atoms. The second kappa shape index (κ2) is 10.8. The molecule has 15 nitrogen and oxygen atoms in total. The average Bonchev–Trinajstić information content (AvgIpc) is 2.75. The SMILES string of the molecule is O=c1[nH]c(=O)n([C@@H]2O[C@H](CO)[C@@H](O)[C@@H]2O)cc1OP(=O)([O-])OP(=O)([O-])O.[Na+].[Na+]. The molecule has 28 heavy (non-hydrogen) atoms. The first-order chi connectivity index (χ1) is 11.8. The monoisotopic (exact) mass is 464 g/mol. The van der Waals surface area contributed by atoms with Crippen LogP contribution < -0.4 is 84.7 Å². The number of ether oxygens (including phenoxy) is 1. The van der Waals surface area contributed by atoms with Gasteiger partial charge in [0.05, 0.1) is 12.8 Å². The number of hydrogen-bond acceptors (Lipinski definition) is 12. The zero-order chi connectivity index (χ0) is 19.9. The summed E-state index contributed by atoms with van der Waals surface area (Å²) in [6, 6.07) is 0. The van der Waals surface area contributed by atoms with Gasteiger partial charge in [-0.25, -0.2) is 9.11 Å². The Hall–Kier alpha value is 0.620. The summed E-state index contributed by atoms with van der Waals surface area (Å²) in [5.41, 5.74) is -2.63. The van der Waals surface area contributed by atoms with Crippen molar-refractivity contribution in [3.63, 3.8) is 0 Å². The van der Waals surface area contributed by atoms with Gasteiger partial charge in [-0.05, 0) is 0 Å². The van der Waals surface area contributed by atoms with Crippen LogP contribution in [0.5, 0.6) is 5.75 Å². The number of nitrogens with one attached hydrogen (secondary N) is 1. The molecular weight excluding hydrogens is 452 g/mol. The van der Waals surface area contributed by atoms with Crippen molar-refractivity contribution in [3.8, 4) is 5.75 Å². The van der Waals surface area contributed by atoms with Crippen LogP contribution in [0.1, 0.15) is 6.23 Å². The number of aromatic nitrogens is 2. The van der Waals surface area contributed by atoms with Gasteiger partial charge in [-0.15, -0.1) is 0 Å². The molecule has 1 aromatic heterocycles. The zero-order valence-corrected chi connectivity index (χ0v) is 20.2. The van der Waals surface area contributed by atoms with Crippen LogP contribution in [0.3, 0.4) is 0 Å². The molecule has 1 saturated heterocycles. The van der Waals surface area contributed by atoms with Gasteiger partial charge in [0.2, 0.25) is 5.75 Å². The minimum absolute atomic E-state index is 0. The number of nitrogens with zero attached hydrogens (tertiary/aromatic N) is 1. The van der Waals surface area contributed by atoms with E-state index in [-0.39, 0.29) is 59.1 Å². The van der Waals surface area contributed by atoms with E-state index < -0.39 is 63.8 Å². The molecule has 6 atom stereocenters. The van der Waals surface area contributed by atoms with E-state index in [9.17, 15) is 38.7 Å². The molecule has 1 aliphatic heterocycles. The zero-order valence-electron chi connectivity index (χ0n) is 14.4. The number of phosphoric acid groups is 2. The van der Waals surface area contributed by atoms with Gasteiger partial charge in [-0.2, -0.15) is 0 Å². The average molecular weight is 464 g/mol. The predicted molar refractivity (Wildman–Crippen MR) is 73.5 cm³/mol. The summed E-state index contributed by atoms with van der Waals surface area (Å²) in [7, 11) is -11.5. The molecule has 0 radical (unpaired) electrons. The molecule has 1 aromatic rings. The molecule has 19 heteroatoms. The van der Waals surface area contributed by atoms with Gasteiger partial charge in [0.15, 0.2) is 6.23 Å². The van der Waals surface area contributed by atoms with Crippen LogP contribution in [0.15, 0.2) is 15.8 Å². The maximum absolute atomic E-state index is 11.8. The van der Waals surface area contributed by atoms with Crippen molar-refractivity contribution in [1.82, 2.24) is 9.55 Å². The molecule has 0 aromatic carbocycles. The van der Waals surface area contributed by atoms with E-state index in [1.807, 2.05) is 0 Å². The summed E-state index contributed by atoms with van der Waals surface area (Å²) in [6.45, 7) is -0.727. The van der Waals surface area contributed by atoms with Gasteiger partial charge in [0, 0.05) is 0 Å². The van der Waals surface area contributed by atoms with Crippen molar-refractivity contribution in [3.05, 3.63) is 27.0 Å². The second-order valence-corrected chi connectivity index (χ2v) is 7.64. The van der Waals surface area contributed by atoms with Crippen LogP contribution in [0.25, 0.3) is 0 Å². The summed E-state index contributed by atoms with van der Waals surface area (Å²) < 4.78 is 34.6. The van der Waals surface area contributed by atoms with Crippen molar-refractivity contribution < 1.29 is 112 Å². The molecule has 0 saturated carbocycles. The van der Waals surface area contributed by atoms with Crippen molar-refractivity contribution in [1.29, 1.82) is 0 Å². The molecule has 0 amide bonds. The van der Waals surface area contributed by atoms with E-state index >= 15 is 0 Å². The van der Waals surface area contributed by atoms with Gasteiger partial charge in [-0.1, -0.05) is 0 Å². The number of H-pyrrole nitrogens is 1. The molecule has 148 valence electrons. The maximum Gasteiger partial charge on any atom is 1.00 e. The fourth-order valence-corrected chi connectivity index (χ4v) is 3.61. The van der Waals surface area contributed by atoms with Crippen molar-refractivity contribution in [2.45, 2.75) is 24.5 Å². The molecular formula is C9H12N2Na2O13P2. The third kappa shape index (κ3) is 7.10. The fourth-order valence-electron chi connectivity index (χ4n) is 2.09. The van der Waals surface area contributed by atoms with Crippen LogP contribution in [0, 0.1) is 0 Å². The molecule has 5 N–H and O–H groups in total. The van der Waals surface area contributed by atoms with E-state index in [0.29, 0.717) is 10.8 Å². The number of rotatable bonds is 6. The summed E-state index contributed by atoms with van der Waals surface area (Å²) in [4.78, 5) is 55.2. The Bertz CT molecular complexity index is 883. The van der Waals surface area contributed by atoms with Gasteiger partial charge in [-0.3, -0.25) is 23.5 Å². The van der Waals surface area contributed by atoms with Crippen LogP contribution in [-0.2, 0) is 18.2 Å². The second-order valence-electron chi connectivity index (χ2n) is 4.98. The molecule has 1 fully saturated rings. The quantitative estimate of drug-likeness (QED) is 0.194. The molecule has 0 aliphatic carbocycles. The van der Waals surface area contributed by atoms with E-state index in [1.54, 1.807) is 4.98 Å². The number of aliphatic hydroxyl groups is 3. The first kappa shape index (κ1) is 28.6. The Labute approximate surface area is 199 Å².